The fourth-order valence-corrected chi connectivity index (χ4v) is 4.51. The summed E-state index contributed by atoms with van der Waals surface area (Å²) in [5.74, 6) is 0.218. The van der Waals surface area contributed by atoms with Crippen molar-refractivity contribution in [3.05, 3.63) is 82.7 Å². The second kappa shape index (κ2) is 31.8. The van der Waals surface area contributed by atoms with Crippen LogP contribution >= 0.6 is 0 Å². The minimum Gasteiger partial charge on any atom is -0.371 e. The number of aliphatic imine (C=N–C) groups is 1. The molecule has 0 spiro atoms. The van der Waals surface area contributed by atoms with Gasteiger partial charge in [0.1, 0.15) is 0 Å². The van der Waals surface area contributed by atoms with E-state index < -0.39 is 6.43 Å². The van der Waals surface area contributed by atoms with E-state index in [0.717, 1.165) is 61.3 Å². The van der Waals surface area contributed by atoms with Gasteiger partial charge in [-0.2, -0.15) is 0 Å². The molecule has 2 aliphatic carbocycles. The molecule has 0 fully saturated rings. The Hall–Kier alpha value is -2.60. The minimum atomic E-state index is -2.37. The van der Waals surface area contributed by atoms with Gasteiger partial charge in [0, 0.05) is 31.8 Å². The largest absolute Gasteiger partial charge is 0.371 e. The van der Waals surface area contributed by atoms with Gasteiger partial charge in [-0.05, 0) is 89.6 Å². The molecule has 2 aliphatic rings. The molecule has 0 aromatic heterocycles. The average molecular weight is 622 g/mol. The van der Waals surface area contributed by atoms with Crippen molar-refractivity contribution in [1.29, 1.82) is 0 Å². The maximum atomic E-state index is 13.6. The molecular formula is C38H66F3N3. The van der Waals surface area contributed by atoms with Crippen LogP contribution in [0.2, 0.25) is 0 Å². The Bertz CT molecular complexity index is 950. The highest BCUT2D eigenvalue weighted by atomic mass is 19.3. The highest BCUT2D eigenvalue weighted by molar-refractivity contribution is 6.10. The Morgan fingerprint density at radius 3 is 2.14 bits per heavy atom. The zero-order chi connectivity index (χ0) is 34.3. The fourth-order valence-electron chi connectivity index (χ4n) is 4.51. The number of halogens is 3. The maximum absolute atomic E-state index is 13.6. The Balaban J connectivity index is -0.00000194. The molecule has 44 heavy (non-hydrogen) atoms. The Labute approximate surface area is 270 Å². The first-order chi connectivity index (χ1) is 21.4. The van der Waals surface area contributed by atoms with Crippen molar-refractivity contribution in [1.82, 2.24) is 10.2 Å². The maximum Gasteiger partial charge on any atom is 0.242 e. The molecule has 0 amide bonds. The fraction of sp³-hybridized carbons (Fsp3) is 0.605. The normalized spacial score (nSPS) is 16.6. The van der Waals surface area contributed by atoms with Gasteiger partial charge in [0.25, 0.3) is 0 Å². The Morgan fingerprint density at radius 1 is 1.02 bits per heavy atom. The quantitative estimate of drug-likeness (QED) is 0.154. The van der Waals surface area contributed by atoms with Crippen LogP contribution in [0.3, 0.4) is 0 Å². The molecule has 0 heterocycles. The zero-order valence-corrected chi connectivity index (χ0v) is 30.2. The van der Waals surface area contributed by atoms with Gasteiger partial charge in [0.2, 0.25) is 6.43 Å². The number of alkyl halides is 3. The van der Waals surface area contributed by atoms with Crippen LogP contribution in [-0.4, -0.2) is 57.4 Å². The topological polar surface area (TPSA) is 27.6 Å². The van der Waals surface area contributed by atoms with Crippen molar-refractivity contribution in [3.63, 3.8) is 0 Å². The number of nitrogens with one attached hydrogen (secondary N) is 1. The molecule has 0 saturated carbocycles. The summed E-state index contributed by atoms with van der Waals surface area (Å²) in [4.78, 5) is 7.27. The van der Waals surface area contributed by atoms with Gasteiger partial charge in [0.15, 0.2) is 0 Å². The van der Waals surface area contributed by atoms with Crippen LogP contribution in [0.25, 0.3) is 0 Å². The third-order valence-corrected chi connectivity index (χ3v) is 6.83. The summed E-state index contributed by atoms with van der Waals surface area (Å²) in [6.07, 6.45) is 19.9. The highest BCUT2D eigenvalue weighted by Gasteiger charge is 2.18. The van der Waals surface area contributed by atoms with Crippen LogP contribution in [0.1, 0.15) is 101 Å². The van der Waals surface area contributed by atoms with E-state index in [1.165, 1.54) is 11.3 Å². The molecule has 0 aromatic rings. The monoisotopic (exact) mass is 622 g/mol. The predicted molar refractivity (Wildman–Crippen MR) is 193 cm³/mol. The lowest BCUT2D eigenvalue weighted by Gasteiger charge is -2.27. The van der Waals surface area contributed by atoms with Crippen LogP contribution < -0.4 is 5.32 Å². The van der Waals surface area contributed by atoms with Crippen molar-refractivity contribution in [2.45, 2.75) is 108 Å². The summed E-state index contributed by atoms with van der Waals surface area (Å²) in [5.41, 5.74) is 6.18. The summed E-state index contributed by atoms with van der Waals surface area (Å²) >= 11 is 0. The van der Waals surface area contributed by atoms with Gasteiger partial charge >= 0.3 is 0 Å². The van der Waals surface area contributed by atoms with Gasteiger partial charge in [-0.25, -0.2) is 8.78 Å². The first-order valence-electron chi connectivity index (χ1n) is 16.7. The first-order valence-corrected chi connectivity index (χ1v) is 16.7. The van der Waals surface area contributed by atoms with Crippen molar-refractivity contribution in [2.75, 3.05) is 40.4 Å². The summed E-state index contributed by atoms with van der Waals surface area (Å²) in [6.45, 7) is 23.7. The molecule has 0 bridgehead atoms. The molecule has 6 heteroatoms. The number of hydrogen-bond acceptors (Lipinski definition) is 3. The summed E-state index contributed by atoms with van der Waals surface area (Å²) in [5, 5.41) is 3.20. The molecule has 0 aromatic carbocycles. The number of hydrogen-bond donors (Lipinski definition) is 1. The SMILES string of the molecule is C/C=C(C)\C(=C/C)CN=C(/C=C(\CC(F)F)C[C@H]1C=CC(N(CC)CCNC)=CC1)C1=CCCC=C1.CC.CC.CC.CF. The molecule has 0 aliphatic heterocycles. The van der Waals surface area contributed by atoms with E-state index in [-0.39, 0.29) is 12.3 Å². The first kappa shape index (κ1) is 45.8. The Morgan fingerprint density at radius 2 is 1.68 bits per heavy atom. The standard InChI is InChI=1S/C31H45F2N3.3C2H6.CH3F/c1-6-24(4)27(7-2)23-35-30(28-12-10-9-11-13-28)21-26(22-31(32)33)20-25-14-16-29(17-15-25)36(8-3)19-18-34-5;4*1-2/h6-7,10,12-14,16-17,21,25,31,34H,8-9,11,15,18-20,22-23H2,1-5H3;3*1-2H3;1H3/b24-6-,26-21-,27-7-,35-30?;;;;/t25-;;;;/m0..../s1. The Kier molecular flexibility index (Phi) is 33.1. The van der Waals surface area contributed by atoms with Crippen molar-refractivity contribution < 1.29 is 13.2 Å². The van der Waals surface area contributed by atoms with Crippen LogP contribution in [-0.2, 0) is 0 Å². The molecule has 254 valence electrons. The third-order valence-electron chi connectivity index (χ3n) is 6.83. The van der Waals surface area contributed by atoms with E-state index in [1.54, 1.807) is 0 Å². The van der Waals surface area contributed by atoms with Crippen LogP contribution in [0.5, 0.6) is 0 Å². The van der Waals surface area contributed by atoms with E-state index in [2.05, 4.69) is 72.7 Å². The van der Waals surface area contributed by atoms with Gasteiger partial charge in [-0.1, -0.05) is 95.2 Å². The predicted octanol–water partition coefficient (Wildman–Crippen LogP) is 11.3. The van der Waals surface area contributed by atoms with E-state index in [4.69, 9.17) is 4.99 Å². The number of nitrogens with zero attached hydrogens (tertiary/aromatic N) is 2. The van der Waals surface area contributed by atoms with Crippen LogP contribution in [0, 0.1) is 5.92 Å². The van der Waals surface area contributed by atoms with E-state index >= 15 is 0 Å². The van der Waals surface area contributed by atoms with Gasteiger partial charge in [0.05, 0.1) is 19.4 Å². The minimum absolute atomic E-state index is 0.218. The molecule has 0 saturated heterocycles. The summed E-state index contributed by atoms with van der Waals surface area (Å²) in [6, 6.07) is 0. The molecule has 0 unspecified atom stereocenters. The van der Waals surface area contributed by atoms with Crippen molar-refractivity contribution in [2.24, 2.45) is 10.9 Å². The number of rotatable bonds is 14. The molecule has 0 radical (unpaired) electrons. The molecular weight excluding hydrogens is 555 g/mol. The van der Waals surface area contributed by atoms with Gasteiger partial charge < -0.3 is 10.2 Å². The molecule has 1 N–H and O–H groups in total. The lowest BCUT2D eigenvalue weighted by atomic mass is 9.89. The van der Waals surface area contributed by atoms with Crippen LogP contribution in [0.15, 0.2) is 87.7 Å². The lowest BCUT2D eigenvalue weighted by Crippen LogP contribution is -2.30. The number of allylic oxidation sites excluding steroid dienone is 11. The highest BCUT2D eigenvalue weighted by Crippen LogP contribution is 2.28. The van der Waals surface area contributed by atoms with E-state index in [9.17, 15) is 13.2 Å². The van der Waals surface area contributed by atoms with Crippen LogP contribution in [0.4, 0.5) is 13.2 Å². The molecule has 1 atom stereocenters. The third kappa shape index (κ3) is 19.6. The smallest absolute Gasteiger partial charge is 0.242 e. The summed E-state index contributed by atoms with van der Waals surface area (Å²) in [7, 11) is 2.46. The van der Waals surface area contributed by atoms with E-state index in [0.29, 0.717) is 20.1 Å². The van der Waals surface area contributed by atoms with Crippen molar-refractivity contribution >= 4 is 5.71 Å². The van der Waals surface area contributed by atoms with E-state index in [1.807, 2.05) is 68.5 Å². The number of likely N-dealkylation sites (N-methyl/N-ethyl adjacent to an activating group) is 2. The van der Waals surface area contributed by atoms with Gasteiger partial charge in [-0.15, -0.1) is 0 Å². The lowest BCUT2D eigenvalue weighted by molar-refractivity contribution is 0.147. The van der Waals surface area contributed by atoms with Gasteiger partial charge in [-0.3, -0.25) is 9.38 Å². The average Bonchev–Trinajstić information content (AvgIpc) is 3.09. The second-order valence-corrected chi connectivity index (χ2v) is 9.40. The molecule has 3 nitrogen and oxygen atoms in total. The van der Waals surface area contributed by atoms with Crippen molar-refractivity contribution in [3.8, 4) is 0 Å². The zero-order valence-electron chi connectivity index (χ0n) is 30.2. The second-order valence-electron chi connectivity index (χ2n) is 9.40. The molecule has 2 rings (SSSR count). The summed E-state index contributed by atoms with van der Waals surface area (Å²) < 4.78 is 36.7.